The summed E-state index contributed by atoms with van der Waals surface area (Å²) >= 11 is 3.17. The van der Waals surface area contributed by atoms with Crippen LogP contribution >= 0.6 is 15.9 Å². The van der Waals surface area contributed by atoms with Gasteiger partial charge in [-0.3, -0.25) is 9.59 Å². The van der Waals surface area contributed by atoms with Crippen molar-refractivity contribution in [2.75, 3.05) is 25.7 Å². The average molecular weight is 374 g/mol. The number of ether oxygens (including phenoxy) is 2. The highest BCUT2D eigenvalue weighted by Gasteiger charge is 2.37. The lowest BCUT2D eigenvalue weighted by Crippen LogP contribution is -2.27. The molecule has 118 valence electrons. The Morgan fingerprint density at radius 3 is 2.59 bits per heavy atom. The number of carbonyl (C=O) groups excluding carboxylic acids is 3. The van der Waals surface area contributed by atoms with Crippen LogP contribution in [0, 0.1) is 11.7 Å². The van der Waals surface area contributed by atoms with Crippen LogP contribution in [-0.2, 0) is 19.1 Å². The van der Waals surface area contributed by atoms with Crippen molar-refractivity contribution in [3.8, 4) is 0 Å². The van der Waals surface area contributed by atoms with Gasteiger partial charge in [-0.15, -0.1) is 0 Å². The summed E-state index contributed by atoms with van der Waals surface area (Å²) in [4.78, 5) is 36.3. The van der Waals surface area contributed by atoms with E-state index in [0.717, 1.165) is 12.0 Å². The van der Waals surface area contributed by atoms with Gasteiger partial charge >= 0.3 is 11.9 Å². The minimum Gasteiger partial charge on any atom is -0.469 e. The number of methoxy groups -OCH3 is 2. The molecule has 1 fully saturated rings. The van der Waals surface area contributed by atoms with Crippen molar-refractivity contribution in [1.82, 2.24) is 0 Å². The lowest BCUT2D eigenvalue weighted by atomic mass is 10.1. The van der Waals surface area contributed by atoms with E-state index in [1.165, 1.54) is 19.2 Å². The molecule has 1 atom stereocenters. The van der Waals surface area contributed by atoms with Crippen LogP contribution in [0.3, 0.4) is 0 Å². The summed E-state index contributed by atoms with van der Waals surface area (Å²) in [5, 5.41) is 0. The molecule has 2 rings (SSSR count). The largest absolute Gasteiger partial charge is 0.469 e. The number of esters is 2. The van der Waals surface area contributed by atoms with Crippen molar-refractivity contribution in [1.29, 1.82) is 0 Å². The van der Waals surface area contributed by atoms with Gasteiger partial charge in [0, 0.05) is 17.4 Å². The first kappa shape index (κ1) is 16.4. The van der Waals surface area contributed by atoms with E-state index in [1.807, 2.05) is 0 Å². The molecule has 1 aromatic rings. The van der Waals surface area contributed by atoms with E-state index in [1.54, 1.807) is 0 Å². The molecule has 22 heavy (non-hydrogen) atoms. The van der Waals surface area contributed by atoms with Gasteiger partial charge in [0.05, 0.1) is 31.4 Å². The predicted octanol–water partition coefficient (Wildman–Crippen LogP) is 1.90. The quantitative estimate of drug-likeness (QED) is 0.756. The van der Waals surface area contributed by atoms with Crippen molar-refractivity contribution in [3.63, 3.8) is 0 Å². The van der Waals surface area contributed by atoms with Gasteiger partial charge in [-0.05, 0) is 12.1 Å². The fourth-order valence-electron chi connectivity index (χ4n) is 2.29. The highest BCUT2D eigenvalue weighted by atomic mass is 79.9. The molecule has 0 N–H and O–H groups in total. The van der Waals surface area contributed by atoms with Gasteiger partial charge in [-0.1, -0.05) is 15.9 Å². The number of rotatable bonds is 3. The third-order valence-electron chi connectivity index (χ3n) is 3.37. The third-order valence-corrected chi connectivity index (χ3v) is 3.83. The van der Waals surface area contributed by atoms with Crippen LogP contribution in [0.4, 0.5) is 10.1 Å². The Labute approximate surface area is 134 Å². The highest BCUT2D eigenvalue weighted by Crippen LogP contribution is 2.32. The Morgan fingerprint density at radius 2 is 2.00 bits per heavy atom. The van der Waals surface area contributed by atoms with Crippen LogP contribution in [0.2, 0.25) is 0 Å². The van der Waals surface area contributed by atoms with Gasteiger partial charge in [0.2, 0.25) is 5.91 Å². The van der Waals surface area contributed by atoms with Crippen molar-refractivity contribution in [2.24, 2.45) is 5.92 Å². The second kappa shape index (κ2) is 6.43. The Hall–Kier alpha value is -1.96. The smallest absolute Gasteiger partial charge is 0.340 e. The molecule has 0 saturated carbocycles. The SMILES string of the molecule is COC(=O)c1cc(Br)cc(N2CC(C(=O)OC)CC2=O)c1F. The van der Waals surface area contributed by atoms with Gasteiger partial charge in [0.1, 0.15) is 0 Å². The molecule has 1 heterocycles. The normalized spacial score (nSPS) is 17.5. The molecule has 0 bridgehead atoms. The zero-order chi connectivity index (χ0) is 16.4. The lowest BCUT2D eigenvalue weighted by Gasteiger charge is -2.19. The molecule has 1 aliphatic heterocycles. The van der Waals surface area contributed by atoms with E-state index in [-0.39, 0.29) is 24.2 Å². The molecule has 6 nitrogen and oxygen atoms in total. The second-order valence-corrected chi connectivity index (χ2v) is 5.62. The lowest BCUT2D eigenvalue weighted by molar-refractivity contribution is -0.145. The Bertz CT molecular complexity index is 648. The molecule has 1 amide bonds. The summed E-state index contributed by atoms with van der Waals surface area (Å²) in [5.74, 6) is -3.31. The van der Waals surface area contributed by atoms with Crippen LogP contribution in [-0.4, -0.2) is 38.6 Å². The molecule has 1 unspecified atom stereocenters. The Kier molecular flexibility index (Phi) is 4.80. The van der Waals surface area contributed by atoms with Crippen LogP contribution in [0.5, 0.6) is 0 Å². The number of hydrogen-bond donors (Lipinski definition) is 0. The minimum absolute atomic E-state index is 0.000503. The molecule has 8 heteroatoms. The van der Waals surface area contributed by atoms with Gasteiger partial charge in [-0.25, -0.2) is 9.18 Å². The molecule has 1 saturated heterocycles. The molecule has 1 aliphatic rings. The molecule has 0 radical (unpaired) electrons. The van der Waals surface area contributed by atoms with E-state index in [9.17, 15) is 18.8 Å². The summed E-state index contributed by atoms with van der Waals surface area (Å²) < 4.78 is 24.0. The number of benzene rings is 1. The highest BCUT2D eigenvalue weighted by molar-refractivity contribution is 9.10. The number of halogens is 2. The maximum Gasteiger partial charge on any atom is 0.340 e. The van der Waals surface area contributed by atoms with Gasteiger partial charge in [0.15, 0.2) is 5.82 Å². The van der Waals surface area contributed by atoms with E-state index in [2.05, 4.69) is 25.4 Å². The second-order valence-electron chi connectivity index (χ2n) is 4.71. The standard InChI is InChI=1S/C14H13BrFNO5/c1-21-13(19)7-3-11(18)17(6-7)10-5-8(15)4-9(12(10)16)14(20)22-2/h4-5,7H,3,6H2,1-2H3. The summed E-state index contributed by atoms with van der Waals surface area (Å²) in [7, 11) is 2.36. The Morgan fingerprint density at radius 1 is 1.32 bits per heavy atom. The van der Waals surface area contributed by atoms with E-state index >= 15 is 0 Å². The predicted molar refractivity (Wildman–Crippen MR) is 77.9 cm³/mol. The maximum atomic E-state index is 14.5. The van der Waals surface area contributed by atoms with E-state index < -0.39 is 29.6 Å². The summed E-state index contributed by atoms with van der Waals surface area (Å²) in [6.07, 6.45) is -0.0633. The first-order chi connectivity index (χ1) is 10.4. The van der Waals surface area contributed by atoms with Gasteiger partial charge in [-0.2, -0.15) is 0 Å². The third kappa shape index (κ3) is 2.96. The van der Waals surface area contributed by atoms with Gasteiger partial charge < -0.3 is 14.4 Å². The van der Waals surface area contributed by atoms with E-state index in [4.69, 9.17) is 0 Å². The fraction of sp³-hybridized carbons (Fsp3) is 0.357. The maximum absolute atomic E-state index is 14.5. The molecule has 0 spiro atoms. The number of nitrogens with zero attached hydrogens (tertiary/aromatic N) is 1. The van der Waals surface area contributed by atoms with Crippen molar-refractivity contribution < 1.29 is 28.2 Å². The number of anilines is 1. The van der Waals surface area contributed by atoms with E-state index in [0.29, 0.717) is 4.47 Å². The van der Waals surface area contributed by atoms with Crippen LogP contribution in [0.25, 0.3) is 0 Å². The van der Waals surface area contributed by atoms with Crippen molar-refractivity contribution in [3.05, 3.63) is 28.0 Å². The molecule has 0 aliphatic carbocycles. The van der Waals surface area contributed by atoms with Gasteiger partial charge in [0.25, 0.3) is 0 Å². The molecular weight excluding hydrogens is 361 g/mol. The summed E-state index contributed by atoms with van der Waals surface area (Å²) in [6.45, 7) is -0.000503. The summed E-state index contributed by atoms with van der Waals surface area (Å²) in [6, 6.07) is 2.64. The van der Waals surface area contributed by atoms with Crippen molar-refractivity contribution in [2.45, 2.75) is 6.42 Å². The Balaban J connectivity index is 2.41. The molecule has 0 aromatic heterocycles. The summed E-state index contributed by atoms with van der Waals surface area (Å²) in [5.41, 5.74) is -0.368. The van der Waals surface area contributed by atoms with Crippen LogP contribution in [0.1, 0.15) is 16.8 Å². The monoisotopic (exact) mass is 373 g/mol. The zero-order valence-electron chi connectivity index (χ0n) is 11.9. The average Bonchev–Trinajstić information content (AvgIpc) is 2.89. The fourth-order valence-corrected chi connectivity index (χ4v) is 2.74. The van der Waals surface area contributed by atoms with Crippen LogP contribution < -0.4 is 4.90 Å². The minimum atomic E-state index is -0.867. The molecule has 1 aromatic carbocycles. The first-order valence-electron chi connectivity index (χ1n) is 6.34. The topological polar surface area (TPSA) is 72.9 Å². The van der Waals surface area contributed by atoms with Crippen LogP contribution in [0.15, 0.2) is 16.6 Å². The number of carbonyl (C=O) groups is 3. The van der Waals surface area contributed by atoms with Crippen molar-refractivity contribution >= 4 is 39.5 Å². The number of hydrogen-bond acceptors (Lipinski definition) is 5. The molecular formula is C14H13BrFNO5. The zero-order valence-corrected chi connectivity index (χ0v) is 13.5. The number of amides is 1. The first-order valence-corrected chi connectivity index (χ1v) is 7.13.